The standard InChI is InChI=1S/C24H30N2O4S/c1-3-26(4-2)31(28,29)21-14-15-23(25-16-8-9-17-25)22(19-21)24(27)30-18-10-13-20-11-6-5-7-12-20/h5-7,10-15,19H,3-4,8-9,16-18H2,1-2H3/b13-10+. The SMILES string of the molecule is CCN(CC)S(=O)(=O)c1ccc(N2CCCC2)c(C(=O)OC/C=C/c2ccccc2)c1. The molecule has 0 unspecified atom stereocenters. The number of hydrogen-bond acceptors (Lipinski definition) is 5. The minimum atomic E-state index is -3.67. The van der Waals surface area contributed by atoms with E-state index < -0.39 is 16.0 Å². The van der Waals surface area contributed by atoms with Gasteiger partial charge >= 0.3 is 5.97 Å². The van der Waals surface area contributed by atoms with Crippen molar-refractivity contribution in [2.45, 2.75) is 31.6 Å². The van der Waals surface area contributed by atoms with Gasteiger partial charge in [0.1, 0.15) is 6.61 Å². The van der Waals surface area contributed by atoms with E-state index in [1.54, 1.807) is 32.1 Å². The molecular formula is C24H30N2O4S. The second-order valence-electron chi connectivity index (χ2n) is 7.37. The first-order valence-electron chi connectivity index (χ1n) is 10.7. The Morgan fingerprint density at radius 2 is 1.74 bits per heavy atom. The molecular weight excluding hydrogens is 412 g/mol. The van der Waals surface area contributed by atoms with Gasteiger partial charge in [0, 0.05) is 26.2 Å². The first-order valence-corrected chi connectivity index (χ1v) is 12.2. The van der Waals surface area contributed by atoms with Gasteiger partial charge in [0.15, 0.2) is 0 Å². The summed E-state index contributed by atoms with van der Waals surface area (Å²) < 4.78 is 32.8. The van der Waals surface area contributed by atoms with Gasteiger partial charge in [-0.25, -0.2) is 13.2 Å². The molecule has 2 aromatic rings. The number of ether oxygens (including phenoxy) is 1. The molecule has 7 heteroatoms. The van der Waals surface area contributed by atoms with E-state index in [1.807, 2.05) is 36.4 Å². The first kappa shape index (κ1) is 23.0. The highest BCUT2D eigenvalue weighted by atomic mass is 32.2. The lowest BCUT2D eigenvalue weighted by molar-refractivity contribution is 0.0550. The van der Waals surface area contributed by atoms with Crippen molar-refractivity contribution in [3.8, 4) is 0 Å². The molecule has 0 aliphatic carbocycles. The summed E-state index contributed by atoms with van der Waals surface area (Å²) in [6.45, 7) is 6.14. The summed E-state index contributed by atoms with van der Waals surface area (Å²) in [7, 11) is -3.67. The molecule has 0 aromatic heterocycles. The summed E-state index contributed by atoms with van der Waals surface area (Å²) in [4.78, 5) is 15.2. The third-order valence-corrected chi connectivity index (χ3v) is 7.44. The van der Waals surface area contributed by atoms with Gasteiger partial charge in [0.2, 0.25) is 10.0 Å². The monoisotopic (exact) mass is 442 g/mol. The molecule has 2 aromatic carbocycles. The molecule has 6 nitrogen and oxygen atoms in total. The number of benzene rings is 2. The van der Waals surface area contributed by atoms with Crippen molar-refractivity contribution >= 4 is 27.8 Å². The number of sulfonamides is 1. The van der Waals surface area contributed by atoms with Crippen molar-refractivity contribution in [2.75, 3.05) is 37.7 Å². The third-order valence-electron chi connectivity index (χ3n) is 5.40. The fraction of sp³-hybridized carbons (Fsp3) is 0.375. The van der Waals surface area contributed by atoms with Crippen LogP contribution in [0.15, 0.2) is 59.5 Å². The molecule has 166 valence electrons. The predicted octanol–water partition coefficient (Wildman–Crippen LogP) is 4.19. The molecule has 0 radical (unpaired) electrons. The van der Waals surface area contributed by atoms with Gasteiger partial charge in [-0.15, -0.1) is 0 Å². The molecule has 0 bridgehead atoms. The van der Waals surface area contributed by atoms with Crippen LogP contribution in [0.2, 0.25) is 0 Å². The van der Waals surface area contributed by atoms with E-state index >= 15 is 0 Å². The average Bonchev–Trinajstić information content (AvgIpc) is 3.32. The lowest BCUT2D eigenvalue weighted by Crippen LogP contribution is -2.31. The average molecular weight is 443 g/mol. The fourth-order valence-corrected chi connectivity index (χ4v) is 5.22. The third kappa shape index (κ3) is 5.54. The molecule has 1 heterocycles. The van der Waals surface area contributed by atoms with Gasteiger partial charge in [0.05, 0.1) is 16.1 Å². The number of carbonyl (C=O) groups excluding carboxylic acids is 1. The lowest BCUT2D eigenvalue weighted by Gasteiger charge is -2.23. The van der Waals surface area contributed by atoms with Crippen LogP contribution in [0.4, 0.5) is 5.69 Å². The van der Waals surface area contributed by atoms with Crippen LogP contribution < -0.4 is 4.90 Å². The van der Waals surface area contributed by atoms with Crippen LogP contribution in [-0.4, -0.2) is 51.5 Å². The summed E-state index contributed by atoms with van der Waals surface area (Å²) in [5.41, 5.74) is 2.04. The quantitative estimate of drug-likeness (QED) is 0.545. The van der Waals surface area contributed by atoms with Crippen molar-refractivity contribution in [3.63, 3.8) is 0 Å². The normalized spacial score (nSPS) is 14.5. The number of carbonyl (C=O) groups is 1. The van der Waals surface area contributed by atoms with E-state index in [1.165, 1.54) is 10.4 Å². The van der Waals surface area contributed by atoms with Crippen molar-refractivity contribution in [1.82, 2.24) is 4.31 Å². The van der Waals surface area contributed by atoms with Gasteiger partial charge in [-0.3, -0.25) is 0 Å². The van der Waals surface area contributed by atoms with Gasteiger partial charge in [-0.1, -0.05) is 50.3 Å². The van der Waals surface area contributed by atoms with Crippen LogP contribution in [-0.2, 0) is 14.8 Å². The maximum Gasteiger partial charge on any atom is 0.340 e. The van der Waals surface area contributed by atoms with E-state index in [4.69, 9.17) is 4.74 Å². The highest BCUT2D eigenvalue weighted by Gasteiger charge is 2.26. The molecule has 1 fully saturated rings. The van der Waals surface area contributed by atoms with Crippen LogP contribution in [0.25, 0.3) is 6.08 Å². The Balaban J connectivity index is 1.84. The summed E-state index contributed by atoms with van der Waals surface area (Å²) in [5, 5.41) is 0. The second-order valence-corrected chi connectivity index (χ2v) is 9.31. The molecule has 1 saturated heterocycles. The Labute approximate surface area is 185 Å². The molecule has 0 atom stereocenters. The highest BCUT2D eigenvalue weighted by molar-refractivity contribution is 7.89. The smallest absolute Gasteiger partial charge is 0.340 e. The zero-order valence-electron chi connectivity index (χ0n) is 18.2. The van der Waals surface area contributed by atoms with Crippen LogP contribution in [0.3, 0.4) is 0 Å². The Morgan fingerprint density at radius 1 is 1.06 bits per heavy atom. The van der Waals surface area contributed by atoms with E-state index in [-0.39, 0.29) is 11.5 Å². The topological polar surface area (TPSA) is 66.9 Å². The molecule has 3 rings (SSSR count). The van der Waals surface area contributed by atoms with Gasteiger partial charge in [0.25, 0.3) is 0 Å². The summed E-state index contributed by atoms with van der Waals surface area (Å²) in [5.74, 6) is -0.517. The van der Waals surface area contributed by atoms with Crippen LogP contribution in [0.1, 0.15) is 42.6 Å². The summed E-state index contributed by atoms with van der Waals surface area (Å²) >= 11 is 0. The largest absolute Gasteiger partial charge is 0.458 e. The van der Waals surface area contributed by atoms with E-state index in [2.05, 4.69) is 4.90 Å². The van der Waals surface area contributed by atoms with Crippen molar-refractivity contribution in [3.05, 3.63) is 65.7 Å². The minimum Gasteiger partial charge on any atom is -0.458 e. The van der Waals surface area contributed by atoms with Crippen molar-refractivity contribution < 1.29 is 17.9 Å². The Kier molecular flexibility index (Phi) is 7.87. The van der Waals surface area contributed by atoms with Crippen molar-refractivity contribution in [2.24, 2.45) is 0 Å². The van der Waals surface area contributed by atoms with Crippen molar-refractivity contribution in [1.29, 1.82) is 0 Å². The van der Waals surface area contributed by atoms with Gasteiger partial charge < -0.3 is 9.64 Å². The molecule has 0 N–H and O–H groups in total. The van der Waals surface area contributed by atoms with Crippen LogP contribution in [0.5, 0.6) is 0 Å². The predicted molar refractivity (Wildman–Crippen MR) is 124 cm³/mol. The van der Waals surface area contributed by atoms with E-state index in [9.17, 15) is 13.2 Å². The molecule has 0 spiro atoms. The fourth-order valence-electron chi connectivity index (χ4n) is 3.74. The number of rotatable bonds is 9. The maximum atomic E-state index is 13.0. The number of anilines is 1. The second kappa shape index (κ2) is 10.6. The van der Waals surface area contributed by atoms with Crippen LogP contribution in [0, 0.1) is 0 Å². The van der Waals surface area contributed by atoms with Crippen LogP contribution >= 0.6 is 0 Å². The van der Waals surface area contributed by atoms with E-state index in [0.29, 0.717) is 18.7 Å². The Hall–Kier alpha value is -2.64. The van der Waals surface area contributed by atoms with Gasteiger partial charge in [-0.05, 0) is 42.7 Å². The highest BCUT2D eigenvalue weighted by Crippen LogP contribution is 2.29. The summed E-state index contributed by atoms with van der Waals surface area (Å²) in [6.07, 6.45) is 5.76. The van der Waals surface area contributed by atoms with Gasteiger partial charge in [-0.2, -0.15) is 4.31 Å². The zero-order chi connectivity index (χ0) is 22.3. The lowest BCUT2D eigenvalue weighted by atomic mass is 10.1. The molecule has 0 saturated carbocycles. The molecule has 0 amide bonds. The maximum absolute atomic E-state index is 13.0. The summed E-state index contributed by atoms with van der Waals surface area (Å²) in [6, 6.07) is 14.5. The molecule has 1 aliphatic rings. The number of nitrogens with zero attached hydrogens (tertiary/aromatic N) is 2. The Morgan fingerprint density at radius 3 is 2.39 bits per heavy atom. The number of hydrogen-bond donors (Lipinski definition) is 0. The molecule has 31 heavy (non-hydrogen) atoms. The minimum absolute atomic E-state index is 0.111. The van der Waals surface area contributed by atoms with E-state index in [0.717, 1.165) is 37.2 Å². The zero-order valence-corrected chi connectivity index (χ0v) is 19.0. The number of esters is 1. The Bertz CT molecular complexity index is 1010. The first-order chi connectivity index (χ1) is 15.0. The molecule has 1 aliphatic heterocycles.